The van der Waals surface area contributed by atoms with Gasteiger partial charge in [0.1, 0.15) is 11.5 Å². The summed E-state index contributed by atoms with van der Waals surface area (Å²) in [7, 11) is 0. The summed E-state index contributed by atoms with van der Waals surface area (Å²) in [5.41, 5.74) is 2.25. The van der Waals surface area contributed by atoms with Crippen LogP contribution >= 0.6 is 11.8 Å². The summed E-state index contributed by atoms with van der Waals surface area (Å²) in [6.45, 7) is 1.63. The van der Waals surface area contributed by atoms with E-state index in [2.05, 4.69) is 20.3 Å². The molecule has 1 atom stereocenters. The van der Waals surface area contributed by atoms with Crippen LogP contribution in [-0.4, -0.2) is 24.8 Å². The van der Waals surface area contributed by atoms with Crippen molar-refractivity contribution in [2.24, 2.45) is 0 Å². The summed E-state index contributed by atoms with van der Waals surface area (Å²) >= 11 is 1.49. The Morgan fingerprint density at radius 1 is 1.41 bits per heavy atom. The number of benzene rings is 1. The first kappa shape index (κ1) is 13.4. The molecule has 0 saturated carbocycles. The molecule has 0 aliphatic heterocycles. The van der Waals surface area contributed by atoms with Crippen molar-refractivity contribution in [3.8, 4) is 0 Å². The maximum Gasteiger partial charge on any atom is 0.273 e. The van der Waals surface area contributed by atoms with Gasteiger partial charge in [-0.25, -0.2) is 4.39 Å². The number of rotatable bonds is 2. The van der Waals surface area contributed by atoms with Crippen molar-refractivity contribution < 1.29 is 4.39 Å². The summed E-state index contributed by atoms with van der Waals surface area (Å²) < 4.78 is 15.0. The number of aromatic nitrogens is 5. The van der Waals surface area contributed by atoms with Crippen molar-refractivity contribution >= 4 is 17.5 Å². The molecule has 2 aromatic heterocycles. The molecule has 1 aliphatic rings. The third-order valence-corrected chi connectivity index (χ3v) is 5.03. The first-order valence-electron chi connectivity index (χ1n) is 6.89. The number of hydrogen-bond donors (Lipinski definition) is 1. The minimum Gasteiger partial charge on any atom is -0.288 e. The Hall–Kier alpha value is -2.22. The molecule has 112 valence electrons. The fourth-order valence-electron chi connectivity index (χ4n) is 2.68. The number of aryl methyl sites for hydroxylation is 2. The molecule has 0 amide bonds. The zero-order valence-corrected chi connectivity index (χ0v) is 12.5. The van der Waals surface area contributed by atoms with Gasteiger partial charge in [-0.05, 0) is 43.0 Å². The number of hydrogen-bond acceptors (Lipinski definition) is 5. The summed E-state index contributed by atoms with van der Waals surface area (Å²) in [6.07, 6.45) is 1.84. The number of aromatic amines is 1. The van der Waals surface area contributed by atoms with Crippen LogP contribution in [0.4, 0.5) is 4.39 Å². The van der Waals surface area contributed by atoms with Crippen LogP contribution in [0, 0.1) is 12.7 Å². The predicted octanol–water partition coefficient (Wildman–Crippen LogP) is 2.04. The van der Waals surface area contributed by atoms with Gasteiger partial charge in [0.2, 0.25) is 5.16 Å². The molecule has 1 aromatic carbocycles. The van der Waals surface area contributed by atoms with Crippen LogP contribution in [0.25, 0.3) is 5.78 Å². The van der Waals surface area contributed by atoms with Gasteiger partial charge >= 0.3 is 0 Å². The van der Waals surface area contributed by atoms with Crippen molar-refractivity contribution in [3.05, 3.63) is 51.2 Å². The Morgan fingerprint density at radius 2 is 2.27 bits per heavy atom. The SMILES string of the molecule is Cc1nn2c(S[C@@H]3CCc4ccc(F)cc43)nnc2[nH]c1=O. The number of H-pyrrole nitrogens is 1. The van der Waals surface area contributed by atoms with E-state index >= 15 is 0 Å². The Labute approximate surface area is 128 Å². The van der Waals surface area contributed by atoms with Gasteiger partial charge in [-0.2, -0.15) is 9.61 Å². The van der Waals surface area contributed by atoms with Gasteiger partial charge in [0.05, 0.1) is 0 Å². The molecule has 1 N–H and O–H groups in total. The molecule has 4 rings (SSSR count). The largest absolute Gasteiger partial charge is 0.288 e. The molecular weight excluding hydrogens is 305 g/mol. The van der Waals surface area contributed by atoms with E-state index in [0.29, 0.717) is 16.6 Å². The van der Waals surface area contributed by atoms with E-state index in [9.17, 15) is 9.18 Å². The van der Waals surface area contributed by atoms with Crippen LogP contribution < -0.4 is 5.56 Å². The molecular formula is C14H12FN5OS. The summed E-state index contributed by atoms with van der Waals surface area (Å²) in [6, 6.07) is 4.92. The van der Waals surface area contributed by atoms with Crippen LogP contribution in [0.2, 0.25) is 0 Å². The van der Waals surface area contributed by atoms with E-state index in [1.165, 1.54) is 27.9 Å². The second-order valence-electron chi connectivity index (χ2n) is 5.25. The van der Waals surface area contributed by atoms with E-state index < -0.39 is 0 Å². The summed E-state index contributed by atoms with van der Waals surface area (Å²) in [5, 5.41) is 12.9. The molecule has 2 heterocycles. The third-order valence-electron chi connectivity index (χ3n) is 3.79. The predicted molar refractivity (Wildman–Crippen MR) is 79.5 cm³/mol. The average Bonchev–Trinajstić information content (AvgIpc) is 3.05. The van der Waals surface area contributed by atoms with E-state index in [1.807, 2.05) is 6.07 Å². The van der Waals surface area contributed by atoms with Gasteiger partial charge in [-0.1, -0.05) is 17.8 Å². The Morgan fingerprint density at radius 3 is 3.14 bits per heavy atom. The molecule has 0 bridgehead atoms. The number of halogens is 1. The topological polar surface area (TPSA) is 75.9 Å². The summed E-state index contributed by atoms with van der Waals surface area (Å²) in [4.78, 5) is 14.2. The molecule has 22 heavy (non-hydrogen) atoms. The monoisotopic (exact) mass is 317 g/mol. The molecule has 6 nitrogen and oxygen atoms in total. The van der Waals surface area contributed by atoms with Gasteiger partial charge in [-0.3, -0.25) is 9.78 Å². The Balaban J connectivity index is 1.73. The first-order valence-corrected chi connectivity index (χ1v) is 7.77. The Kier molecular flexibility index (Phi) is 3.00. The molecule has 0 radical (unpaired) electrons. The highest BCUT2D eigenvalue weighted by Gasteiger charge is 2.26. The normalized spacial score (nSPS) is 17.1. The zero-order valence-electron chi connectivity index (χ0n) is 11.7. The van der Waals surface area contributed by atoms with Gasteiger partial charge in [0, 0.05) is 5.25 Å². The minimum absolute atomic E-state index is 0.118. The number of fused-ring (bicyclic) bond motifs is 2. The van der Waals surface area contributed by atoms with Gasteiger partial charge < -0.3 is 0 Å². The van der Waals surface area contributed by atoms with E-state index in [4.69, 9.17) is 0 Å². The van der Waals surface area contributed by atoms with Crippen LogP contribution in [0.15, 0.2) is 28.2 Å². The van der Waals surface area contributed by atoms with E-state index in [0.717, 1.165) is 18.4 Å². The fraction of sp³-hybridized carbons (Fsp3) is 0.286. The second kappa shape index (κ2) is 4.91. The maximum absolute atomic E-state index is 13.5. The lowest BCUT2D eigenvalue weighted by Gasteiger charge is -2.09. The molecule has 8 heteroatoms. The fourth-order valence-corrected chi connectivity index (χ4v) is 3.83. The molecule has 0 unspecified atom stereocenters. The summed E-state index contributed by atoms with van der Waals surface area (Å²) in [5.74, 6) is 0.0891. The van der Waals surface area contributed by atoms with Gasteiger partial charge in [-0.15, -0.1) is 10.2 Å². The number of nitrogens with zero attached hydrogens (tertiary/aromatic N) is 4. The first-order chi connectivity index (χ1) is 10.6. The minimum atomic E-state index is -0.273. The molecule has 0 fully saturated rings. The highest BCUT2D eigenvalue weighted by molar-refractivity contribution is 7.99. The average molecular weight is 317 g/mol. The van der Waals surface area contributed by atoms with Crippen molar-refractivity contribution in [3.63, 3.8) is 0 Å². The van der Waals surface area contributed by atoms with Crippen LogP contribution in [0.3, 0.4) is 0 Å². The number of nitrogens with one attached hydrogen (secondary N) is 1. The second-order valence-corrected chi connectivity index (χ2v) is 6.42. The van der Waals surface area contributed by atoms with Crippen LogP contribution in [-0.2, 0) is 6.42 Å². The van der Waals surface area contributed by atoms with Crippen LogP contribution in [0.1, 0.15) is 28.5 Å². The standard InChI is InChI=1S/C14H12FN5OS/c1-7-12(21)16-13-17-18-14(20(13)19-7)22-11-5-3-8-2-4-9(15)6-10(8)11/h2,4,6,11H,3,5H2,1H3,(H,16,17,21)/t11-/m1/s1. The molecule has 1 aliphatic carbocycles. The van der Waals surface area contributed by atoms with Gasteiger partial charge in [0.15, 0.2) is 0 Å². The van der Waals surface area contributed by atoms with Crippen molar-refractivity contribution in [2.45, 2.75) is 30.2 Å². The van der Waals surface area contributed by atoms with Crippen LogP contribution in [0.5, 0.6) is 0 Å². The van der Waals surface area contributed by atoms with Crippen molar-refractivity contribution in [2.75, 3.05) is 0 Å². The maximum atomic E-state index is 13.5. The molecule has 3 aromatic rings. The van der Waals surface area contributed by atoms with Gasteiger partial charge in [0.25, 0.3) is 11.3 Å². The molecule has 0 saturated heterocycles. The Bertz CT molecular complexity index is 935. The molecule has 0 spiro atoms. The lowest BCUT2D eigenvalue weighted by molar-refractivity contribution is 0.625. The van der Waals surface area contributed by atoms with E-state index in [-0.39, 0.29) is 16.6 Å². The van der Waals surface area contributed by atoms with Crippen molar-refractivity contribution in [1.29, 1.82) is 0 Å². The lowest BCUT2D eigenvalue weighted by atomic mass is 10.1. The zero-order chi connectivity index (χ0) is 15.3. The number of thioether (sulfide) groups is 1. The quantitative estimate of drug-likeness (QED) is 0.783. The highest BCUT2D eigenvalue weighted by Crippen LogP contribution is 2.44. The highest BCUT2D eigenvalue weighted by atomic mass is 32.2. The third kappa shape index (κ3) is 2.10. The lowest BCUT2D eigenvalue weighted by Crippen LogP contribution is -2.15. The van der Waals surface area contributed by atoms with E-state index in [1.54, 1.807) is 13.0 Å². The van der Waals surface area contributed by atoms with Crippen molar-refractivity contribution in [1.82, 2.24) is 24.8 Å². The smallest absolute Gasteiger partial charge is 0.273 e.